The molecule has 0 aliphatic carbocycles. The summed E-state index contributed by atoms with van der Waals surface area (Å²) in [6, 6.07) is 7.35. The third-order valence-corrected chi connectivity index (χ3v) is 4.07. The number of hydrogen-bond acceptors (Lipinski definition) is 4. The van der Waals surface area contributed by atoms with Gasteiger partial charge in [-0.2, -0.15) is 0 Å². The number of carbonyl (C=O) groups excluding carboxylic acids is 1. The van der Waals surface area contributed by atoms with Gasteiger partial charge in [-0.25, -0.2) is 9.67 Å². The Morgan fingerprint density at radius 3 is 2.57 bits per heavy atom. The largest absolute Gasteiger partial charge is 0.372 e. The molecule has 0 radical (unpaired) electrons. The molecule has 1 fully saturated rings. The summed E-state index contributed by atoms with van der Waals surface area (Å²) < 4.78 is 7.26. The fraction of sp³-hybridized carbons (Fsp3) is 0.438. The maximum absolute atomic E-state index is 12.7. The van der Waals surface area contributed by atoms with Crippen LogP contribution in [-0.2, 0) is 4.74 Å². The number of morpholine rings is 1. The fourth-order valence-corrected chi connectivity index (χ4v) is 3.03. The van der Waals surface area contributed by atoms with Crippen LogP contribution in [-0.4, -0.2) is 50.9 Å². The Hall–Kier alpha value is -1.92. The molecule has 1 aliphatic rings. The molecule has 7 heteroatoms. The van der Waals surface area contributed by atoms with Crippen LogP contribution in [0.25, 0.3) is 5.69 Å². The van der Waals surface area contributed by atoms with Crippen LogP contribution in [0.15, 0.2) is 24.3 Å². The zero-order valence-electron chi connectivity index (χ0n) is 13.4. The minimum absolute atomic E-state index is 0.00875. The van der Waals surface area contributed by atoms with E-state index in [4.69, 9.17) is 16.3 Å². The van der Waals surface area contributed by atoms with Crippen molar-refractivity contribution in [3.63, 3.8) is 0 Å². The highest BCUT2D eigenvalue weighted by Crippen LogP contribution is 2.21. The van der Waals surface area contributed by atoms with Crippen LogP contribution in [0, 0.1) is 6.92 Å². The van der Waals surface area contributed by atoms with E-state index in [1.165, 1.54) is 0 Å². The molecular weight excluding hydrogens is 316 g/mol. The van der Waals surface area contributed by atoms with Crippen molar-refractivity contribution in [3.8, 4) is 5.69 Å². The van der Waals surface area contributed by atoms with Crippen molar-refractivity contribution in [2.75, 3.05) is 13.1 Å². The van der Waals surface area contributed by atoms with Crippen LogP contribution >= 0.6 is 11.6 Å². The molecule has 3 rings (SSSR count). The van der Waals surface area contributed by atoms with Gasteiger partial charge in [0.05, 0.1) is 22.9 Å². The Balaban J connectivity index is 1.89. The lowest BCUT2D eigenvalue weighted by Gasteiger charge is -2.34. The van der Waals surface area contributed by atoms with Crippen molar-refractivity contribution in [1.29, 1.82) is 0 Å². The molecule has 23 heavy (non-hydrogen) atoms. The summed E-state index contributed by atoms with van der Waals surface area (Å²) in [6.45, 7) is 6.80. The van der Waals surface area contributed by atoms with Gasteiger partial charge in [-0.1, -0.05) is 23.7 Å². The van der Waals surface area contributed by atoms with E-state index in [1.54, 1.807) is 22.6 Å². The quantitative estimate of drug-likeness (QED) is 0.846. The number of aryl methyl sites for hydroxylation is 1. The molecule has 1 saturated heterocycles. The summed E-state index contributed by atoms with van der Waals surface area (Å²) in [6.07, 6.45) is 0.0175. The van der Waals surface area contributed by atoms with Crippen LogP contribution in [0.3, 0.4) is 0 Å². The molecule has 2 atom stereocenters. The predicted octanol–water partition coefficient (Wildman–Crippen LogP) is 2.48. The summed E-state index contributed by atoms with van der Waals surface area (Å²) >= 11 is 6.21. The van der Waals surface area contributed by atoms with E-state index >= 15 is 0 Å². The van der Waals surface area contributed by atoms with Gasteiger partial charge in [-0.3, -0.25) is 4.79 Å². The molecule has 1 aromatic carbocycles. The summed E-state index contributed by atoms with van der Waals surface area (Å²) in [5.74, 6) is 0.625. The Labute approximate surface area is 140 Å². The normalized spacial score (nSPS) is 21.5. The molecule has 122 valence electrons. The molecule has 2 aromatic rings. The smallest absolute Gasteiger partial charge is 0.293 e. The Morgan fingerprint density at radius 2 is 1.91 bits per heavy atom. The molecule has 0 unspecified atom stereocenters. The van der Waals surface area contributed by atoms with E-state index in [1.807, 2.05) is 32.0 Å². The summed E-state index contributed by atoms with van der Waals surface area (Å²) in [7, 11) is 0. The van der Waals surface area contributed by atoms with Gasteiger partial charge in [0, 0.05) is 13.1 Å². The van der Waals surface area contributed by atoms with Crippen LogP contribution in [0.2, 0.25) is 5.02 Å². The molecule has 1 aromatic heterocycles. The first kappa shape index (κ1) is 16.0. The average molecular weight is 335 g/mol. The van der Waals surface area contributed by atoms with E-state index in [9.17, 15) is 4.79 Å². The van der Waals surface area contributed by atoms with Gasteiger partial charge in [0.1, 0.15) is 5.82 Å². The molecule has 1 amide bonds. The second-order valence-electron chi connectivity index (χ2n) is 5.81. The van der Waals surface area contributed by atoms with E-state index in [0.29, 0.717) is 29.6 Å². The van der Waals surface area contributed by atoms with Crippen LogP contribution in [0.1, 0.15) is 30.3 Å². The number of ether oxygens (including phenoxy) is 1. The second kappa shape index (κ2) is 6.29. The first-order valence-corrected chi connectivity index (χ1v) is 7.97. The highest BCUT2D eigenvalue weighted by Gasteiger charge is 2.29. The Kier molecular flexibility index (Phi) is 4.37. The second-order valence-corrected chi connectivity index (χ2v) is 6.22. The number of para-hydroxylation sites is 1. The van der Waals surface area contributed by atoms with Crippen molar-refractivity contribution >= 4 is 17.5 Å². The third-order valence-electron chi connectivity index (χ3n) is 3.75. The van der Waals surface area contributed by atoms with Gasteiger partial charge in [0.15, 0.2) is 0 Å². The third kappa shape index (κ3) is 3.23. The van der Waals surface area contributed by atoms with Gasteiger partial charge < -0.3 is 9.64 Å². The van der Waals surface area contributed by atoms with E-state index in [2.05, 4.69) is 10.1 Å². The Bertz CT molecular complexity index is 721. The van der Waals surface area contributed by atoms with Crippen molar-refractivity contribution in [2.45, 2.75) is 33.0 Å². The minimum Gasteiger partial charge on any atom is -0.372 e. The van der Waals surface area contributed by atoms with Crippen LogP contribution < -0.4 is 0 Å². The molecule has 6 nitrogen and oxygen atoms in total. The summed E-state index contributed by atoms with van der Waals surface area (Å²) in [5.41, 5.74) is 0.710. The lowest BCUT2D eigenvalue weighted by Crippen LogP contribution is -2.48. The zero-order chi connectivity index (χ0) is 16.6. The number of carbonyl (C=O) groups is 1. The molecule has 0 spiro atoms. The number of benzene rings is 1. The Morgan fingerprint density at radius 1 is 1.26 bits per heavy atom. The molecular formula is C16H19ClN4O2. The van der Waals surface area contributed by atoms with E-state index in [-0.39, 0.29) is 23.9 Å². The van der Waals surface area contributed by atoms with Crippen molar-refractivity contribution in [3.05, 3.63) is 40.9 Å². The highest BCUT2D eigenvalue weighted by molar-refractivity contribution is 6.32. The monoisotopic (exact) mass is 334 g/mol. The average Bonchev–Trinajstić information content (AvgIpc) is 2.88. The number of nitrogens with zero attached hydrogens (tertiary/aromatic N) is 4. The number of amides is 1. The maximum atomic E-state index is 12.7. The molecule has 0 saturated carbocycles. The number of hydrogen-bond donors (Lipinski definition) is 0. The number of halogens is 1. The lowest BCUT2D eigenvalue weighted by atomic mass is 10.2. The molecule has 1 aliphatic heterocycles. The van der Waals surface area contributed by atoms with Crippen LogP contribution in [0.4, 0.5) is 0 Å². The van der Waals surface area contributed by atoms with Gasteiger partial charge in [-0.15, -0.1) is 5.10 Å². The lowest BCUT2D eigenvalue weighted by molar-refractivity contribution is -0.0588. The first-order valence-electron chi connectivity index (χ1n) is 7.59. The zero-order valence-corrected chi connectivity index (χ0v) is 14.1. The minimum atomic E-state index is -0.180. The van der Waals surface area contributed by atoms with Crippen molar-refractivity contribution in [1.82, 2.24) is 19.7 Å². The van der Waals surface area contributed by atoms with Gasteiger partial charge in [0.2, 0.25) is 5.82 Å². The molecule has 0 N–H and O–H groups in total. The van der Waals surface area contributed by atoms with Crippen molar-refractivity contribution in [2.24, 2.45) is 0 Å². The maximum Gasteiger partial charge on any atom is 0.293 e. The van der Waals surface area contributed by atoms with E-state index in [0.717, 1.165) is 0 Å². The predicted molar refractivity (Wildman–Crippen MR) is 87.0 cm³/mol. The van der Waals surface area contributed by atoms with Gasteiger partial charge in [0.25, 0.3) is 5.91 Å². The van der Waals surface area contributed by atoms with Crippen LogP contribution in [0.5, 0.6) is 0 Å². The number of aromatic nitrogens is 3. The van der Waals surface area contributed by atoms with Gasteiger partial charge in [-0.05, 0) is 32.9 Å². The fourth-order valence-electron chi connectivity index (χ4n) is 2.82. The van der Waals surface area contributed by atoms with Crippen molar-refractivity contribution < 1.29 is 9.53 Å². The summed E-state index contributed by atoms with van der Waals surface area (Å²) in [4.78, 5) is 18.7. The molecule has 0 bridgehead atoms. The number of rotatable bonds is 2. The highest BCUT2D eigenvalue weighted by atomic mass is 35.5. The topological polar surface area (TPSA) is 60.3 Å². The van der Waals surface area contributed by atoms with E-state index < -0.39 is 0 Å². The summed E-state index contributed by atoms with van der Waals surface area (Å²) in [5, 5.41) is 4.92. The van der Waals surface area contributed by atoms with Gasteiger partial charge >= 0.3 is 0 Å². The first-order chi connectivity index (χ1) is 11.0. The molecule has 2 heterocycles. The SMILES string of the molecule is Cc1nc(C(=O)N2C[C@@H](C)O[C@@H](C)C2)nn1-c1ccccc1Cl. The standard InChI is InChI=1S/C16H19ClN4O2/c1-10-8-20(9-11(2)23-10)16(22)15-18-12(3)21(19-15)14-7-5-4-6-13(14)17/h4-7,10-11H,8-9H2,1-3H3/t10-,11+.